The van der Waals surface area contributed by atoms with Crippen LogP contribution in [0.1, 0.15) is 20.8 Å². The van der Waals surface area contributed by atoms with Crippen molar-refractivity contribution >= 4 is 17.9 Å². The van der Waals surface area contributed by atoms with E-state index in [1.54, 1.807) is 0 Å². The summed E-state index contributed by atoms with van der Waals surface area (Å²) in [7, 11) is 0. The Labute approximate surface area is 109 Å². The van der Waals surface area contributed by atoms with Crippen molar-refractivity contribution in [2.75, 3.05) is 13.2 Å². The van der Waals surface area contributed by atoms with E-state index in [0.717, 1.165) is 0 Å². The predicted molar refractivity (Wildman–Crippen MR) is 59.1 cm³/mol. The highest BCUT2D eigenvalue weighted by Crippen LogP contribution is 2.31. The van der Waals surface area contributed by atoms with Crippen LogP contribution in [0.15, 0.2) is 0 Å². The number of carboxylic acid groups (broad SMARTS) is 1. The van der Waals surface area contributed by atoms with Gasteiger partial charge in [0, 0.05) is 0 Å². The van der Waals surface area contributed by atoms with E-state index < -0.39 is 35.9 Å². The molecule has 0 unspecified atom stereocenters. The molecular weight excluding hydrogens is 260 g/mol. The van der Waals surface area contributed by atoms with Crippen LogP contribution in [-0.2, 0) is 33.3 Å². The summed E-state index contributed by atoms with van der Waals surface area (Å²) in [5.41, 5.74) is 0. The quantitative estimate of drug-likeness (QED) is 0.538. The Kier molecular flexibility index (Phi) is 4.84. The molecule has 1 aliphatic rings. The molecule has 108 valence electrons. The van der Waals surface area contributed by atoms with Crippen LogP contribution in [0.2, 0.25) is 0 Å². The van der Waals surface area contributed by atoms with Crippen molar-refractivity contribution in [3.05, 3.63) is 0 Å². The van der Waals surface area contributed by atoms with E-state index in [2.05, 4.69) is 0 Å². The van der Waals surface area contributed by atoms with E-state index in [-0.39, 0.29) is 13.2 Å². The average molecular weight is 276 g/mol. The molecule has 0 amide bonds. The van der Waals surface area contributed by atoms with Gasteiger partial charge < -0.3 is 24.1 Å². The van der Waals surface area contributed by atoms with Crippen LogP contribution in [0.25, 0.3) is 0 Å². The minimum Gasteiger partial charge on any atom is -0.479 e. The Morgan fingerprint density at radius 2 is 1.58 bits per heavy atom. The van der Waals surface area contributed by atoms with Gasteiger partial charge in [-0.15, -0.1) is 0 Å². The zero-order chi connectivity index (χ0) is 14.6. The van der Waals surface area contributed by atoms with Gasteiger partial charge in [0.2, 0.25) is 0 Å². The Morgan fingerprint density at radius 3 is 1.89 bits per heavy atom. The molecular formula is C11H16O8. The lowest BCUT2D eigenvalue weighted by Crippen LogP contribution is -2.51. The number of ether oxygens (including phenoxy) is 4. The molecule has 0 radical (unpaired) electrons. The molecule has 1 saturated heterocycles. The Hall–Kier alpha value is -1.67. The van der Waals surface area contributed by atoms with Crippen LogP contribution in [0, 0.1) is 0 Å². The van der Waals surface area contributed by atoms with Gasteiger partial charge in [-0.3, -0.25) is 0 Å². The van der Waals surface area contributed by atoms with Crippen molar-refractivity contribution in [2.45, 2.75) is 38.8 Å². The summed E-state index contributed by atoms with van der Waals surface area (Å²) in [5, 5.41) is 8.93. The summed E-state index contributed by atoms with van der Waals surface area (Å²) in [5.74, 6) is -6.05. The van der Waals surface area contributed by atoms with Gasteiger partial charge in [-0.05, 0) is 20.8 Å². The smallest absolute Gasteiger partial charge is 0.379 e. The molecule has 0 saturated carbocycles. The summed E-state index contributed by atoms with van der Waals surface area (Å²) in [6, 6.07) is 0. The summed E-state index contributed by atoms with van der Waals surface area (Å²) < 4.78 is 19.5. The molecule has 0 aromatic carbocycles. The van der Waals surface area contributed by atoms with Gasteiger partial charge in [-0.2, -0.15) is 0 Å². The van der Waals surface area contributed by atoms with Crippen LogP contribution >= 0.6 is 0 Å². The normalized spacial score (nSPS) is 24.8. The van der Waals surface area contributed by atoms with Crippen LogP contribution < -0.4 is 0 Å². The van der Waals surface area contributed by atoms with E-state index in [4.69, 9.17) is 24.1 Å². The molecule has 0 aromatic rings. The first-order valence-electron chi connectivity index (χ1n) is 5.81. The Bertz CT molecular complexity index is 359. The third kappa shape index (κ3) is 2.85. The van der Waals surface area contributed by atoms with E-state index in [9.17, 15) is 14.4 Å². The van der Waals surface area contributed by atoms with Crippen molar-refractivity contribution in [3.63, 3.8) is 0 Å². The summed E-state index contributed by atoms with van der Waals surface area (Å²) in [4.78, 5) is 34.6. The predicted octanol–water partition coefficient (Wildman–Crippen LogP) is -0.303. The molecule has 0 aromatic heterocycles. The highest BCUT2D eigenvalue weighted by atomic mass is 16.8. The number of rotatable bonds is 5. The molecule has 1 aliphatic heterocycles. The first-order valence-corrected chi connectivity index (χ1v) is 5.81. The number of hydrogen-bond acceptors (Lipinski definition) is 7. The number of carbonyl (C=O) groups is 3. The third-order valence-electron chi connectivity index (χ3n) is 2.40. The second-order valence-corrected chi connectivity index (χ2v) is 3.76. The van der Waals surface area contributed by atoms with Gasteiger partial charge in [0.25, 0.3) is 0 Å². The second-order valence-electron chi connectivity index (χ2n) is 3.76. The van der Waals surface area contributed by atoms with Gasteiger partial charge in [-0.1, -0.05) is 0 Å². The van der Waals surface area contributed by atoms with Gasteiger partial charge >= 0.3 is 23.7 Å². The maximum absolute atomic E-state index is 11.8. The lowest BCUT2D eigenvalue weighted by Gasteiger charge is -2.22. The molecule has 0 aliphatic carbocycles. The molecule has 0 bridgehead atoms. The minimum atomic E-state index is -2.46. The SMILES string of the molecule is CCOC(=O)C1(C(=O)OCC)O[C@@H](C)[C@@H](C(=O)O)O1. The highest BCUT2D eigenvalue weighted by Gasteiger charge is 2.62. The van der Waals surface area contributed by atoms with Gasteiger partial charge in [0.1, 0.15) is 0 Å². The first kappa shape index (κ1) is 15.4. The maximum atomic E-state index is 11.8. The van der Waals surface area contributed by atoms with Crippen molar-refractivity contribution in [1.82, 2.24) is 0 Å². The molecule has 19 heavy (non-hydrogen) atoms. The molecule has 2 atom stereocenters. The first-order chi connectivity index (χ1) is 8.89. The fourth-order valence-electron chi connectivity index (χ4n) is 1.61. The maximum Gasteiger partial charge on any atom is 0.379 e. The van der Waals surface area contributed by atoms with Crippen LogP contribution in [0.3, 0.4) is 0 Å². The molecule has 8 nitrogen and oxygen atoms in total. The monoisotopic (exact) mass is 276 g/mol. The molecule has 1 heterocycles. The van der Waals surface area contributed by atoms with E-state index in [1.165, 1.54) is 20.8 Å². The topological polar surface area (TPSA) is 108 Å². The van der Waals surface area contributed by atoms with Crippen LogP contribution in [0.5, 0.6) is 0 Å². The fraction of sp³-hybridized carbons (Fsp3) is 0.727. The second kappa shape index (κ2) is 5.98. The fourth-order valence-corrected chi connectivity index (χ4v) is 1.61. The van der Waals surface area contributed by atoms with Crippen LogP contribution in [-0.4, -0.2) is 54.2 Å². The van der Waals surface area contributed by atoms with E-state index in [0.29, 0.717) is 0 Å². The summed E-state index contributed by atoms with van der Waals surface area (Å²) >= 11 is 0. The third-order valence-corrected chi connectivity index (χ3v) is 2.40. The van der Waals surface area contributed by atoms with E-state index >= 15 is 0 Å². The number of aliphatic carboxylic acids is 1. The zero-order valence-electron chi connectivity index (χ0n) is 10.9. The van der Waals surface area contributed by atoms with E-state index in [1.807, 2.05) is 0 Å². The number of carboxylic acids is 1. The van der Waals surface area contributed by atoms with Crippen molar-refractivity contribution in [2.24, 2.45) is 0 Å². The van der Waals surface area contributed by atoms with Gasteiger partial charge in [0.15, 0.2) is 6.10 Å². The summed E-state index contributed by atoms with van der Waals surface area (Å²) in [6.45, 7) is 4.41. The highest BCUT2D eigenvalue weighted by molar-refractivity contribution is 6.02. The molecule has 0 spiro atoms. The number of esters is 2. The van der Waals surface area contributed by atoms with Gasteiger partial charge in [-0.25, -0.2) is 14.4 Å². The van der Waals surface area contributed by atoms with Crippen molar-refractivity contribution in [3.8, 4) is 0 Å². The molecule has 8 heteroatoms. The molecule has 1 fully saturated rings. The van der Waals surface area contributed by atoms with Crippen molar-refractivity contribution in [1.29, 1.82) is 0 Å². The zero-order valence-corrected chi connectivity index (χ0v) is 10.9. The Morgan fingerprint density at radius 1 is 1.11 bits per heavy atom. The Balaban J connectivity index is 3.05. The van der Waals surface area contributed by atoms with Crippen LogP contribution in [0.4, 0.5) is 0 Å². The number of carbonyl (C=O) groups excluding carboxylic acids is 2. The van der Waals surface area contributed by atoms with Crippen molar-refractivity contribution < 1.29 is 38.4 Å². The largest absolute Gasteiger partial charge is 0.479 e. The lowest BCUT2D eigenvalue weighted by atomic mass is 10.2. The molecule has 1 rings (SSSR count). The molecule has 1 N–H and O–H groups in total. The summed E-state index contributed by atoms with van der Waals surface area (Å²) in [6.07, 6.45) is -2.44. The minimum absolute atomic E-state index is 0.0151. The lowest BCUT2D eigenvalue weighted by molar-refractivity contribution is -0.227. The standard InChI is InChI=1S/C11H16O8/c1-4-16-9(14)11(10(15)17-5-2)18-6(3)7(19-11)8(12)13/h6-7H,4-5H2,1-3H3,(H,12,13)/t6-,7-/m0/s1. The van der Waals surface area contributed by atoms with Gasteiger partial charge in [0.05, 0.1) is 19.3 Å². The average Bonchev–Trinajstić information content (AvgIpc) is 2.69. The number of hydrogen-bond donors (Lipinski definition) is 1.